The molecule has 0 bridgehead atoms. The lowest BCUT2D eigenvalue weighted by atomic mass is 10.0. The summed E-state index contributed by atoms with van der Waals surface area (Å²) in [7, 11) is 0. The zero-order valence-electron chi connectivity index (χ0n) is 7.05. The highest BCUT2D eigenvalue weighted by molar-refractivity contribution is 9.10. The molecule has 1 aromatic carbocycles. The number of hydrogen-bond donors (Lipinski definition) is 2. The van der Waals surface area contributed by atoms with Crippen molar-refractivity contribution in [3.63, 3.8) is 0 Å². The fraction of sp³-hybridized carbons (Fsp3) is 0.333. The van der Waals surface area contributed by atoms with Gasteiger partial charge in [-0.15, -0.1) is 0 Å². The quantitative estimate of drug-likeness (QED) is 0.811. The largest absolute Gasteiger partial charge is 0.329 e. The van der Waals surface area contributed by atoms with Crippen LogP contribution in [0.25, 0.3) is 0 Å². The summed E-state index contributed by atoms with van der Waals surface area (Å²) in [6, 6.07) is 6.01. The van der Waals surface area contributed by atoms with E-state index in [0.29, 0.717) is 6.54 Å². The molecule has 0 amide bonds. The fourth-order valence-electron chi connectivity index (χ4n) is 1.14. The Labute approximate surface area is 81.1 Å². The Morgan fingerprint density at radius 2 is 2.17 bits per heavy atom. The molecule has 0 aromatic heterocycles. The maximum absolute atomic E-state index is 5.82. The number of aryl methyl sites for hydroxylation is 1. The summed E-state index contributed by atoms with van der Waals surface area (Å²) in [5, 5.41) is 0. The molecular weight excluding hydrogens is 216 g/mol. The van der Waals surface area contributed by atoms with Gasteiger partial charge in [0.1, 0.15) is 0 Å². The smallest absolute Gasteiger partial charge is 0.0422 e. The predicted octanol–water partition coefficient (Wildman–Crippen LogP) is 1.72. The van der Waals surface area contributed by atoms with Crippen LogP contribution in [0.15, 0.2) is 22.7 Å². The number of benzene rings is 1. The van der Waals surface area contributed by atoms with Gasteiger partial charge in [-0.3, -0.25) is 0 Å². The first-order chi connectivity index (χ1) is 5.65. The van der Waals surface area contributed by atoms with Crippen molar-refractivity contribution in [1.29, 1.82) is 0 Å². The summed E-state index contributed by atoms with van der Waals surface area (Å²) < 4.78 is 1.05. The summed E-state index contributed by atoms with van der Waals surface area (Å²) in [5.41, 5.74) is 13.6. The Balaban J connectivity index is 3.04. The summed E-state index contributed by atoms with van der Waals surface area (Å²) in [6.07, 6.45) is 0. The van der Waals surface area contributed by atoms with Crippen molar-refractivity contribution >= 4 is 15.9 Å². The first kappa shape index (κ1) is 9.71. The topological polar surface area (TPSA) is 52.0 Å². The molecule has 1 rings (SSSR count). The van der Waals surface area contributed by atoms with Gasteiger partial charge in [-0.1, -0.05) is 22.0 Å². The van der Waals surface area contributed by atoms with Crippen LogP contribution in [0, 0.1) is 6.92 Å². The molecular formula is C9H13BrN2. The highest BCUT2D eigenvalue weighted by Gasteiger charge is 2.06. The lowest BCUT2D eigenvalue weighted by molar-refractivity contribution is 0.731. The molecule has 0 heterocycles. The number of halogens is 1. The zero-order chi connectivity index (χ0) is 9.14. The molecule has 0 fully saturated rings. The van der Waals surface area contributed by atoms with Crippen molar-refractivity contribution in [2.24, 2.45) is 11.5 Å². The number of rotatable bonds is 2. The first-order valence-electron chi connectivity index (χ1n) is 3.87. The molecule has 2 nitrogen and oxygen atoms in total. The van der Waals surface area contributed by atoms with Gasteiger partial charge in [-0.05, 0) is 30.2 Å². The molecule has 1 atom stereocenters. The lowest BCUT2D eigenvalue weighted by Gasteiger charge is -2.12. The minimum atomic E-state index is -0.0532. The van der Waals surface area contributed by atoms with Gasteiger partial charge in [-0.25, -0.2) is 0 Å². The van der Waals surface area contributed by atoms with Crippen LogP contribution in [-0.2, 0) is 0 Å². The van der Waals surface area contributed by atoms with E-state index in [-0.39, 0.29) is 6.04 Å². The molecule has 0 aliphatic heterocycles. The zero-order valence-corrected chi connectivity index (χ0v) is 8.64. The monoisotopic (exact) mass is 228 g/mol. The van der Waals surface area contributed by atoms with Crippen molar-refractivity contribution in [3.8, 4) is 0 Å². The second-order valence-electron chi connectivity index (χ2n) is 2.84. The van der Waals surface area contributed by atoms with E-state index in [1.54, 1.807) is 0 Å². The van der Waals surface area contributed by atoms with Crippen LogP contribution in [0.4, 0.5) is 0 Å². The van der Waals surface area contributed by atoms with Crippen LogP contribution in [0.2, 0.25) is 0 Å². The van der Waals surface area contributed by atoms with Crippen LogP contribution in [-0.4, -0.2) is 6.54 Å². The van der Waals surface area contributed by atoms with E-state index in [4.69, 9.17) is 11.5 Å². The molecule has 0 aliphatic rings. The molecule has 0 saturated heterocycles. The Bertz CT molecular complexity index is 273. The van der Waals surface area contributed by atoms with Gasteiger partial charge in [-0.2, -0.15) is 0 Å². The van der Waals surface area contributed by atoms with E-state index in [1.165, 1.54) is 5.56 Å². The highest BCUT2D eigenvalue weighted by atomic mass is 79.9. The average molecular weight is 229 g/mol. The summed E-state index contributed by atoms with van der Waals surface area (Å²) in [4.78, 5) is 0. The van der Waals surface area contributed by atoms with E-state index in [0.717, 1.165) is 10.0 Å². The van der Waals surface area contributed by atoms with Crippen molar-refractivity contribution < 1.29 is 0 Å². The van der Waals surface area contributed by atoms with Gasteiger partial charge < -0.3 is 11.5 Å². The molecule has 0 spiro atoms. The molecule has 66 valence electrons. The summed E-state index contributed by atoms with van der Waals surface area (Å²) in [5.74, 6) is 0. The minimum Gasteiger partial charge on any atom is -0.329 e. The maximum Gasteiger partial charge on any atom is 0.0422 e. The summed E-state index contributed by atoms with van der Waals surface area (Å²) in [6.45, 7) is 2.52. The predicted molar refractivity (Wildman–Crippen MR) is 54.9 cm³/mol. The average Bonchev–Trinajstić information content (AvgIpc) is 2.08. The van der Waals surface area contributed by atoms with Gasteiger partial charge in [0.15, 0.2) is 0 Å². The van der Waals surface area contributed by atoms with E-state index in [1.807, 2.05) is 25.1 Å². The van der Waals surface area contributed by atoms with Crippen LogP contribution in [0.5, 0.6) is 0 Å². The van der Waals surface area contributed by atoms with Gasteiger partial charge >= 0.3 is 0 Å². The third-order valence-electron chi connectivity index (χ3n) is 1.89. The van der Waals surface area contributed by atoms with Gasteiger partial charge in [0.2, 0.25) is 0 Å². The second kappa shape index (κ2) is 4.03. The Hall–Kier alpha value is -0.380. The molecule has 0 saturated carbocycles. The first-order valence-corrected chi connectivity index (χ1v) is 4.66. The van der Waals surface area contributed by atoms with Gasteiger partial charge in [0.05, 0.1) is 0 Å². The van der Waals surface area contributed by atoms with E-state index < -0.39 is 0 Å². The molecule has 0 unspecified atom stereocenters. The second-order valence-corrected chi connectivity index (χ2v) is 3.76. The summed E-state index contributed by atoms with van der Waals surface area (Å²) >= 11 is 3.40. The van der Waals surface area contributed by atoms with Gasteiger partial charge in [0.25, 0.3) is 0 Å². The molecule has 4 N–H and O–H groups in total. The molecule has 1 aromatic rings. The van der Waals surface area contributed by atoms with Crippen LogP contribution in [0.1, 0.15) is 17.2 Å². The Kier molecular flexibility index (Phi) is 3.26. The molecule has 0 radical (unpaired) electrons. The molecule has 3 heteroatoms. The van der Waals surface area contributed by atoms with Gasteiger partial charge in [0, 0.05) is 17.1 Å². The van der Waals surface area contributed by atoms with Crippen LogP contribution < -0.4 is 11.5 Å². The number of nitrogens with two attached hydrogens (primary N) is 2. The van der Waals surface area contributed by atoms with Crippen molar-refractivity contribution in [1.82, 2.24) is 0 Å². The van der Waals surface area contributed by atoms with Crippen LogP contribution >= 0.6 is 15.9 Å². The SMILES string of the molecule is Cc1ccc(Br)cc1[C@@H](N)CN. The van der Waals surface area contributed by atoms with E-state index in [2.05, 4.69) is 15.9 Å². The molecule has 0 aliphatic carbocycles. The van der Waals surface area contributed by atoms with Crippen molar-refractivity contribution in [2.75, 3.05) is 6.54 Å². The third-order valence-corrected chi connectivity index (χ3v) is 2.39. The van der Waals surface area contributed by atoms with E-state index in [9.17, 15) is 0 Å². The lowest BCUT2D eigenvalue weighted by Crippen LogP contribution is -2.21. The Morgan fingerprint density at radius 3 is 2.75 bits per heavy atom. The van der Waals surface area contributed by atoms with Crippen LogP contribution in [0.3, 0.4) is 0 Å². The minimum absolute atomic E-state index is 0.0532. The number of hydrogen-bond acceptors (Lipinski definition) is 2. The normalized spacial score (nSPS) is 13.0. The fourth-order valence-corrected chi connectivity index (χ4v) is 1.52. The maximum atomic E-state index is 5.82. The van der Waals surface area contributed by atoms with Crippen molar-refractivity contribution in [3.05, 3.63) is 33.8 Å². The molecule has 12 heavy (non-hydrogen) atoms. The highest BCUT2D eigenvalue weighted by Crippen LogP contribution is 2.20. The van der Waals surface area contributed by atoms with E-state index >= 15 is 0 Å². The Morgan fingerprint density at radius 1 is 1.50 bits per heavy atom. The van der Waals surface area contributed by atoms with Crippen molar-refractivity contribution in [2.45, 2.75) is 13.0 Å². The third kappa shape index (κ3) is 2.06. The standard InChI is InChI=1S/C9H13BrN2/c1-6-2-3-7(10)4-8(6)9(12)5-11/h2-4,9H,5,11-12H2,1H3/t9-/m0/s1.